The Kier molecular flexibility index (Phi) is 5.99. The second-order valence-corrected chi connectivity index (χ2v) is 16.3. The van der Waals surface area contributed by atoms with E-state index in [4.69, 9.17) is 9.15 Å². The molecule has 3 aliphatic rings. The third kappa shape index (κ3) is 4.00. The van der Waals surface area contributed by atoms with Gasteiger partial charge in [-0.1, -0.05) is 146 Å². The van der Waals surface area contributed by atoms with Gasteiger partial charge in [0.25, 0.3) is 0 Å². The van der Waals surface area contributed by atoms with E-state index in [1.165, 1.54) is 93.9 Å². The Labute approximate surface area is 340 Å². The molecule has 2 heteroatoms. The predicted molar refractivity (Wildman–Crippen MR) is 241 cm³/mol. The van der Waals surface area contributed by atoms with Crippen molar-refractivity contribution in [2.75, 3.05) is 0 Å². The quantitative estimate of drug-likeness (QED) is 0.176. The maximum Gasteiger partial charge on any atom is 0.135 e. The van der Waals surface area contributed by atoms with Crippen molar-refractivity contribution in [2.45, 2.75) is 5.41 Å². The first-order valence-electron chi connectivity index (χ1n) is 20.4. The van der Waals surface area contributed by atoms with E-state index in [-0.39, 0.29) is 0 Å². The Morgan fingerprint density at radius 3 is 1.80 bits per heavy atom. The van der Waals surface area contributed by atoms with Gasteiger partial charge in [-0.25, -0.2) is 0 Å². The first-order valence-corrected chi connectivity index (χ1v) is 20.4. The molecule has 0 radical (unpaired) electrons. The van der Waals surface area contributed by atoms with Crippen LogP contribution < -0.4 is 4.74 Å². The van der Waals surface area contributed by atoms with E-state index in [9.17, 15) is 0 Å². The SMILES string of the molecule is c1ccc2c(c1)Oc1ccc(-c3ccc4c(c3)C3(c5ccccc5-c5ccccc53)c3cc5c(-c6ccc7oc8ccccc8c7c6)cccc5cc3-4)c3cccc-2c13. The fraction of sp³-hybridized carbons (Fsp3) is 0.0175. The fourth-order valence-corrected chi connectivity index (χ4v) is 11.1. The highest BCUT2D eigenvalue weighted by Gasteiger charge is 2.52. The number of para-hydroxylation sites is 2. The van der Waals surface area contributed by atoms with Crippen molar-refractivity contribution in [1.82, 2.24) is 0 Å². The minimum atomic E-state index is -0.506. The molecule has 2 aliphatic carbocycles. The maximum absolute atomic E-state index is 6.52. The van der Waals surface area contributed by atoms with Crippen molar-refractivity contribution < 1.29 is 9.15 Å². The zero-order valence-electron chi connectivity index (χ0n) is 31.8. The summed E-state index contributed by atoms with van der Waals surface area (Å²) in [5, 5.41) is 7.12. The van der Waals surface area contributed by atoms with Crippen LogP contribution in [-0.4, -0.2) is 0 Å². The van der Waals surface area contributed by atoms with Crippen LogP contribution >= 0.6 is 0 Å². The number of furan rings is 1. The van der Waals surface area contributed by atoms with E-state index in [1.54, 1.807) is 0 Å². The molecule has 10 aromatic carbocycles. The van der Waals surface area contributed by atoms with Crippen LogP contribution in [0.2, 0.25) is 0 Å². The first kappa shape index (κ1) is 31.4. The highest BCUT2D eigenvalue weighted by Crippen LogP contribution is 2.64. The molecular formula is C57H32O2. The summed E-state index contributed by atoms with van der Waals surface area (Å²) >= 11 is 0. The van der Waals surface area contributed by atoms with Crippen molar-refractivity contribution in [1.29, 1.82) is 0 Å². The summed E-state index contributed by atoms with van der Waals surface area (Å²) in [7, 11) is 0. The minimum Gasteiger partial charge on any atom is -0.456 e. The Hall–Kier alpha value is -7.68. The Bertz CT molecular complexity index is 3610. The molecule has 0 saturated carbocycles. The lowest BCUT2D eigenvalue weighted by molar-refractivity contribution is 0.487. The van der Waals surface area contributed by atoms with E-state index < -0.39 is 5.41 Å². The van der Waals surface area contributed by atoms with E-state index in [0.29, 0.717) is 0 Å². The number of fused-ring (bicyclic) bond motifs is 16. The van der Waals surface area contributed by atoms with Gasteiger partial charge in [-0.2, -0.15) is 0 Å². The van der Waals surface area contributed by atoms with Crippen molar-refractivity contribution in [3.8, 4) is 67.1 Å². The lowest BCUT2D eigenvalue weighted by Crippen LogP contribution is -2.26. The second kappa shape index (κ2) is 11.2. The minimum absolute atomic E-state index is 0.506. The molecule has 11 aromatic rings. The van der Waals surface area contributed by atoms with Gasteiger partial charge in [0.05, 0.1) is 5.41 Å². The van der Waals surface area contributed by atoms with E-state index in [0.717, 1.165) is 39.0 Å². The van der Waals surface area contributed by atoms with Crippen molar-refractivity contribution >= 4 is 43.5 Å². The summed E-state index contributed by atoms with van der Waals surface area (Å²) in [6.07, 6.45) is 0. The van der Waals surface area contributed by atoms with E-state index in [1.807, 2.05) is 12.1 Å². The molecule has 0 N–H and O–H groups in total. The van der Waals surface area contributed by atoms with Crippen LogP contribution in [0.5, 0.6) is 11.5 Å². The Morgan fingerprint density at radius 2 is 0.915 bits per heavy atom. The lowest BCUT2D eigenvalue weighted by atomic mass is 9.70. The first-order chi connectivity index (χ1) is 29.2. The van der Waals surface area contributed by atoms with Crippen LogP contribution in [-0.2, 0) is 5.41 Å². The van der Waals surface area contributed by atoms with Gasteiger partial charge in [-0.15, -0.1) is 0 Å². The highest BCUT2D eigenvalue weighted by atomic mass is 16.5. The van der Waals surface area contributed by atoms with Crippen LogP contribution in [0, 0.1) is 0 Å². The average molecular weight is 749 g/mol. The van der Waals surface area contributed by atoms with Gasteiger partial charge >= 0.3 is 0 Å². The normalized spacial score (nSPS) is 13.7. The number of ether oxygens (including phenoxy) is 1. The van der Waals surface area contributed by atoms with E-state index >= 15 is 0 Å². The van der Waals surface area contributed by atoms with Crippen molar-refractivity contribution in [2.24, 2.45) is 0 Å². The number of benzene rings is 10. The van der Waals surface area contributed by atoms with Crippen LogP contribution in [0.15, 0.2) is 199 Å². The van der Waals surface area contributed by atoms with Gasteiger partial charge in [0.1, 0.15) is 22.7 Å². The second-order valence-electron chi connectivity index (χ2n) is 16.3. The Morgan fingerprint density at radius 1 is 0.305 bits per heavy atom. The summed E-state index contributed by atoms with van der Waals surface area (Å²) in [4.78, 5) is 0. The molecule has 0 fully saturated rings. The molecular weight excluding hydrogens is 717 g/mol. The molecule has 2 heterocycles. The molecule has 1 aliphatic heterocycles. The fourth-order valence-electron chi connectivity index (χ4n) is 11.1. The number of hydrogen-bond acceptors (Lipinski definition) is 2. The van der Waals surface area contributed by atoms with E-state index in [2.05, 4.69) is 182 Å². The van der Waals surface area contributed by atoms with Gasteiger partial charge in [-0.05, 0) is 137 Å². The molecule has 0 saturated heterocycles. The van der Waals surface area contributed by atoms with Crippen LogP contribution in [0.1, 0.15) is 22.3 Å². The lowest BCUT2D eigenvalue weighted by Gasteiger charge is -2.31. The molecule has 0 amide bonds. The molecule has 2 nitrogen and oxygen atoms in total. The van der Waals surface area contributed by atoms with Crippen molar-refractivity contribution in [3.63, 3.8) is 0 Å². The summed E-state index contributed by atoms with van der Waals surface area (Å²) in [5.74, 6) is 1.81. The highest BCUT2D eigenvalue weighted by molar-refractivity contribution is 6.12. The molecule has 0 unspecified atom stereocenters. The standard InChI is InChI=1S/C57H32O2/c1-5-19-48-38(12-1)39-13-2-6-20-49(39)57(48)50-31-35(37-26-28-55-56-43(37)17-10-18-44(56)41-14-3-7-21-52(41)59-55)23-25-40(50)46-29-33-11-9-16-36(45(33)32-51(46)57)34-24-27-54-47(30-34)42-15-4-8-22-53(42)58-54/h1-32H. The molecule has 272 valence electrons. The molecule has 1 aromatic heterocycles. The molecule has 14 rings (SSSR count). The van der Waals surface area contributed by atoms with Gasteiger partial charge in [0.2, 0.25) is 0 Å². The third-order valence-electron chi connectivity index (χ3n) is 13.5. The topological polar surface area (TPSA) is 22.4 Å². The summed E-state index contributed by atoms with van der Waals surface area (Å²) in [6, 6.07) is 71.6. The zero-order valence-corrected chi connectivity index (χ0v) is 31.8. The van der Waals surface area contributed by atoms with Gasteiger partial charge in [-0.3, -0.25) is 0 Å². The summed E-state index contributed by atoms with van der Waals surface area (Å²) in [5.41, 5.74) is 19.0. The zero-order chi connectivity index (χ0) is 38.4. The van der Waals surface area contributed by atoms with Crippen LogP contribution in [0.25, 0.3) is 99.1 Å². The number of rotatable bonds is 2. The average Bonchev–Trinajstić information content (AvgIpc) is 3.91. The third-order valence-corrected chi connectivity index (χ3v) is 13.5. The maximum atomic E-state index is 6.52. The number of hydrogen-bond donors (Lipinski definition) is 0. The Balaban J connectivity index is 1.04. The summed E-state index contributed by atoms with van der Waals surface area (Å²) < 4.78 is 12.8. The molecule has 59 heavy (non-hydrogen) atoms. The summed E-state index contributed by atoms with van der Waals surface area (Å²) in [6.45, 7) is 0. The van der Waals surface area contributed by atoms with Crippen molar-refractivity contribution in [3.05, 3.63) is 216 Å². The molecule has 1 spiro atoms. The molecule has 0 atom stereocenters. The van der Waals surface area contributed by atoms with Gasteiger partial charge in [0.15, 0.2) is 0 Å². The monoisotopic (exact) mass is 748 g/mol. The van der Waals surface area contributed by atoms with Crippen LogP contribution in [0.3, 0.4) is 0 Å². The van der Waals surface area contributed by atoms with Gasteiger partial charge in [0, 0.05) is 21.7 Å². The molecule has 0 bridgehead atoms. The predicted octanol–water partition coefficient (Wildman–Crippen LogP) is 15.3. The largest absolute Gasteiger partial charge is 0.456 e. The smallest absolute Gasteiger partial charge is 0.135 e. The van der Waals surface area contributed by atoms with Crippen LogP contribution in [0.4, 0.5) is 0 Å². The van der Waals surface area contributed by atoms with Gasteiger partial charge < -0.3 is 9.15 Å².